The molecule has 1 aromatic carbocycles. The van der Waals surface area contributed by atoms with Crippen molar-refractivity contribution in [2.75, 3.05) is 18.4 Å². The zero-order chi connectivity index (χ0) is 16.9. The van der Waals surface area contributed by atoms with Gasteiger partial charge in [0.15, 0.2) is 11.5 Å². The van der Waals surface area contributed by atoms with Crippen molar-refractivity contribution in [3.63, 3.8) is 0 Å². The van der Waals surface area contributed by atoms with Crippen LogP contribution in [0, 0.1) is 5.41 Å². The van der Waals surface area contributed by atoms with Crippen molar-refractivity contribution in [3.05, 3.63) is 24.1 Å². The minimum absolute atomic E-state index is 0.214. The molecule has 1 aliphatic heterocycles. The van der Waals surface area contributed by atoms with Crippen LogP contribution in [0.4, 0.5) is 10.5 Å². The van der Waals surface area contributed by atoms with Crippen LogP contribution in [0.2, 0.25) is 0 Å². The summed E-state index contributed by atoms with van der Waals surface area (Å²) in [4.78, 5) is 29.7. The molecule has 1 unspecified atom stereocenters. The zero-order valence-electron chi connectivity index (χ0n) is 13.4. The fourth-order valence-corrected chi connectivity index (χ4v) is 3.04. The van der Waals surface area contributed by atoms with Crippen LogP contribution in [-0.4, -0.2) is 40.1 Å². The number of carboxylic acids is 1. The van der Waals surface area contributed by atoms with Crippen molar-refractivity contribution >= 4 is 28.8 Å². The first-order chi connectivity index (χ1) is 11.4. The summed E-state index contributed by atoms with van der Waals surface area (Å²) >= 11 is 0. The second-order valence-electron chi connectivity index (χ2n) is 6.98. The summed E-state index contributed by atoms with van der Waals surface area (Å²) in [5, 5.41) is 12.1. The summed E-state index contributed by atoms with van der Waals surface area (Å²) in [6.45, 7) is 2.32. The van der Waals surface area contributed by atoms with Crippen LogP contribution in [0.15, 0.2) is 22.6 Å². The molecule has 24 heavy (non-hydrogen) atoms. The van der Waals surface area contributed by atoms with Crippen LogP contribution < -0.4 is 5.32 Å². The molecule has 1 saturated carbocycles. The van der Waals surface area contributed by atoms with Crippen LogP contribution in [0.3, 0.4) is 0 Å². The molecule has 2 heterocycles. The van der Waals surface area contributed by atoms with Gasteiger partial charge in [0.25, 0.3) is 0 Å². The van der Waals surface area contributed by atoms with Crippen LogP contribution >= 0.6 is 0 Å². The highest BCUT2D eigenvalue weighted by Gasteiger charge is 2.42. The summed E-state index contributed by atoms with van der Waals surface area (Å²) in [7, 11) is 0. The van der Waals surface area contributed by atoms with Crippen LogP contribution in [0.1, 0.15) is 38.0 Å². The molecular formula is C17H19N3O4. The van der Waals surface area contributed by atoms with Crippen molar-refractivity contribution in [3.8, 4) is 0 Å². The van der Waals surface area contributed by atoms with Gasteiger partial charge in [0, 0.05) is 24.7 Å². The summed E-state index contributed by atoms with van der Waals surface area (Å²) in [6.07, 6.45) is 2.70. The van der Waals surface area contributed by atoms with E-state index in [1.54, 1.807) is 25.1 Å². The van der Waals surface area contributed by atoms with Gasteiger partial charge in [-0.05, 0) is 44.4 Å². The highest BCUT2D eigenvalue weighted by molar-refractivity contribution is 5.92. The molecule has 1 aliphatic carbocycles. The first kappa shape index (κ1) is 15.0. The lowest BCUT2D eigenvalue weighted by atomic mass is 9.90. The Morgan fingerprint density at radius 1 is 1.42 bits per heavy atom. The Morgan fingerprint density at radius 3 is 2.88 bits per heavy atom. The van der Waals surface area contributed by atoms with Gasteiger partial charge in [0.1, 0.15) is 5.52 Å². The van der Waals surface area contributed by atoms with Crippen LogP contribution in [0.25, 0.3) is 11.1 Å². The molecule has 2 N–H and O–H groups in total. The number of anilines is 1. The number of urea groups is 1. The van der Waals surface area contributed by atoms with E-state index >= 15 is 0 Å². The minimum atomic E-state index is -0.868. The van der Waals surface area contributed by atoms with E-state index in [-0.39, 0.29) is 12.6 Å². The second-order valence-corrected chi connectivity index (χ2v) is 6.98. The standard InChI is InChI=1S/C17H19N3O4/c1-17(15(21)22)6-7-20(9-17)16(23)18-11-4-5-13-12(8-11)19-14(24-13)10-2-3-10/h4-5,8,10H,2-3,6-7,9H2,1H3,(H,18,23)(H,21,22). The number of hydrogen-bond donors (Lipinski definition) is 2. The van der Waals surface area contributed by atoms with E-state index < -0.39 is 11.4 Å². The van der Waals surface area contributed by atoms with Gasteiger partial charge in [-0.25, -0.2) is 9.78 Å². The molecular weight excluding hydrogens is 310 g/mol. The average Bonchev–Trinajstić information content (AvgIpc) is 3.18. The van der Waals surface area contributed by atoms with Gasteiger partial charge in [-0.15, -0.1) is 0 Å². The number of aliphatic carboxylic acids is 1. The van der Waals surface area contributed by atoms with Gasteiger partial charge < -0.3 is 19.7 Å². The lowest BCUT2D eigenvalue weighted by Gasteiger charge is -2.20. The fourth-order valence-electron chi connectivity index (χ4n) is 3.04. The highest BCUT2D eigenvalue weighted by atomic mass is 16.4. The molecule has 2 aromatic rings. The number of amides is 2. The first-order valence-electron chi connectivity index (χ1n) is 8.14. The van der Waals surface area contributed by atoms with Gasteiger partial charge in [-0.1, -0.05) is 0 Å². The largest absolute Gasteiger partial charge is 0.481 e. The van der Waals surface area contributed by atoms with Crippen molar-refractivity contribution < 1.29 is 19.1 Å². The van der Waals surface area contributed by atoms with Crippen molar-refractivity contribution in [1.29, 1.82) is 0 Å². The van der Waals surface area contributed by atoms with Crippen LogP contribution in [0.5, 0.6) is 0 Å². The highest BCUT2D eigenvalue weighted by Crippen LogP contribution is 2.40. The first-order valence-corrected chi connectivity index (χ1v) is 8.14. The molecule has 7 heteroatoms. The quantitative estimate of drug-likeness (QED) is 0.902. The number of benzene rings is 1. The Kier molecular flexibility index (Phi) is 3.26. The Morgan fingerprint density at radius 2 is 2.21 bits per heavy atom. The molecule has 1 atom stereocenters. The molecule has 126 valence electrons. The third kappa shape index (κ3) is 2.60. The lowest BCUT2D eigenvalue weighted by Crippen LogP contribution is -2.37. The SMILES string of the molecule is CC1(C(=O)O)CCN(C(=O)Nc2ccc3oc(C4CC4)nc3c2)C1. The van der Waals surface area contributed by atoms with E-state index in [0.717, 1.165) is 29.8 Å². The summed E-state index contributed by atoms with van der Waals surface area (Å²) < 4.78 is 5.71. The smallest absolute Gasteiger partial charge is 0.321 e. The zero-order valence-corrected chi connectivity index (χ0v) is 13.4. The Bertz CT molecular complexity index is 826. The van der Waals surface area contributed by atoms with Gasteiger partial charge in [-0.2, -0.15) is 0 Å². The number of nitrogens with zero attached hydrogens (tertiary/aromatic N) is 2. The number of aromatic nitrogens is 1. The molecule has 7 nitrogen and oxygen atoms in total. The van der Waals surface area contributed by atoms with Crippen molar-refractivity contribution in [2.45, 2.75) is 32.1 Å². The van der Waals surface area contributed by atoms with Gasteiger partial charge in [0.05, 0.1) is 5.41 Å². The molecule has 0 spiro atoms. The van der Waals surface area contributed by atoms with Gasteiger partial charge in [-0.3, -0.25) is 4.79 Å². The van der Waals surface area contributed by atoms with Crippen molar-refractivity contribution in [1.82, 2.24) is 9.88 Å². The Hall–Kier alpha value is -2.57. The van der Waals surface area contributed by atoms with E-state index in [0.29, 0.717) is 24.6 Å². The molecule has 0 radical (unpaired) electrons. The molecule has 1 aromatic heterocycles. The minimum Gasteiger partial charge on any atom is -0.481 e. The number of likely N-dealkylation sites (tertiary alicyclic amines) is 1. The van der Waals surface area contributed by atoms with Crippen LogP contribution in [-0.2, 0) is 4.79 Å². The third-order valence-corrected chi connectivity index (χ3v) is 4.86. The molecule has 0 bridgehead atoms. The summed E-state index contributed by atoms with van der Waals surface area (Å²) in [6, 6.07) is 5.07. The Labute approximate surface area is 138 Å². The monoisotopic (exact) mass is 329 g/mol. The maximum atomic E-state index is 12.4. The summed E-state index contributed by atoms with van der Waals surface area (Å²) in [5.41, 5.74) is 1.21. The van der Waals surface area contributed by atoms with E-state index in [1.807, 2.05) is 0 Å². The predicted octanol–water partition coefficient (Wildman–Crippen LogP) is 3.03. The predicted molar refractivity (Wildman–Crippen MR) is 86.9 cm³/mol. The van der Waals surface area contributed by atoms with E-state index in [9.17, 15) is 14.7 Å². The van der Waals surface area contributed by atoms with Gasteiger partial charge >= 0.3 is 12.0 Å². The number of fused-ring (bicyclic) bond motifs is 1. The molecule has 2 fully saturated rings. The summed E-state index contributed by atoms with van der Waals surface area (Å²) in [5.74, 6) is 0.341. The number of oxazole rings is 1. The second kappa shape index (κ2) is 5.22. The Balaban J connectivity index is 1.47. The lowest BCUT2D eigenvalue weighted by molar-refractivity contribution is -0.146. The van der Waals surface area contributed by atoms with E-state index in [2.05, 4.69) is 10.3 Å². The number of carboxylic acid groups (broad SMARTS) is 1. The number of hydrogen-bond acceptors (Lipinski definition) is 4. The number of nitrogens with one attached hydrogen (secondary N) is 1. The fraction of sp³-hybridized carbons (Fsp3) is 0.471. The maximum Gasteiger partial charge on any atom is 0.321 e. The molecule has 1 saturated heterocycles. The molecule has 2 aliphatic rings. The number of carbonyl (C=O) groups is 2. The normalized spacial score (nSPS) is 23.6. The van der Waals surface area contributed by atoms with Gasteiger partial charge in [0.2, 0.25) is 0 Å². The van der Waals surface area contributed by atoms with Crippen molar-refractivity contribution in [2.24, 2.45) is 5.41 Å². The topological polar surface area (TPSA) is 95.7 Å². The molecule has 4 rings (SSSR count). The molecule has 2 amide bonds. The maximum absolute atomic E-state index is 12.4. The average molecular weight is 329 g/mol. The number of carbonyl (C=O) groups excluding carboxylic acids is 1. The third-order valence-electron chi connectivity index (χ3n) is 4.86. The van der Waals surface area contributed by atoms with E-state index in [4.69, 9.17) is 4.42 Å². The van der Waals surface area contributed by atoms with E-state index in [1.165, 1.54) is 4.90 Å². The number of rotatable bonds is 3.